The van der Waals surface area contributed by atoms with Crippen LogP contribution < -0.4 is 10.6 Å². The van der Waals surface area contributed by atoms with E-state index in [1.165, 1.54) is 0 Å². The molecule has 3 N–H and O–H groups in total. The Hall–Kier alpha value is -1.55. The molecule has 1 aromatic heterocycles. The first-order valence-corrected chi connectivity index (χ1v) is 6.50. The Morgan fingerprint density at radius 1 is 1.39 bits per heavy atom. The number of nitrogens with zero attached hydrogens (tertiary/aromatic N) is 1. The number of aromatic amines is 1. The minimum Gasteiger partial charge on any atom is -0.381 e. The zero-order chi connectivity index (χ0) is 12.8. The summed E-state index contributed by atoms with van der Waals surface area (Å²) in [5, 5.41) is 7.11. The van der Waals surface area contributed by atoms with Crippen molar-refractivity contribution in [1.82, 2.24) is 15.3 Å². The van der Waals surface area contributed by atoms with Gasteiger partial charge >= 0.3 is 0 Å². The number of aryl methyl sites for hydroxylation is 1. The van der Waals surface area contributed by atoms with Crippen LogP contribution in [-0.4, -0.2) is 28.1 Å². The fourth-order valence-electron chi connectivity index (χ4n) is 2.72. The van der Waals surface area contributed by atoms with Crippen LogP contribution in [0.1, 0.15) is 26.1 Å². The van der Waals surface area contributed by atoms with Gasteiger partial charge in [-0.15, -0.1) is 0 Å². The van der Waals surface area contributed by atoms with Crippen molar-refractivity contribution >= 4 is 16.7 Å². The van der Waals surface area contributed by atoms with Crippen molar-refractivity contribution < 1.29 is 0 Å². The maximum atomic E-state index is 4.41. The Labute approximate surface area is 107 Å². The van der Waals surface area contributed by atoms with Crippen molar-refractivity contribution in [2.75, 3.05) is 11.9 Å². The number of benzene rings is 1. The highest BCUT2D eigenvalue weighted by Gasteiger charge is 2.29. The molecular formula is C14H20N4. The molecule has 1 saturated heterocycles. The standard InChI is InChI=1S/C14H20N4/c1-9-16-12-5-4-10(6-13(12)17-9)18-11-7-14(2,3)15-8-11/h4-6,11,15,18H,7-8H2,1-3H3,(H,16,17). The van der Waals surface area contributed by atoms with E-state index in [-0.39, 0.29) is 5.54 Å². The molecular weight excluding hydrogens is 224 g/mol. The van der Waals surface area contributed by atoms with Crippen LogP contribution in [0.5, 0.6) is 0 Å². The summed E-state index contributed by atoms with van der Waals surface area (Å²) in [4.78, 5) is 7.69. The highest BCUT2D eigenvalue weighted by molar-refractivity contribution is 5.79. The number of hydrogen-bond acceptors (Lipinski definition) is 3. The summed E-state index contributed by atoms with van der Waals surface area (Å²) in [5.41, 5.74) is 3.54. The van der Waals surface area contributed by atoms with Gasteiger partial charge in [-0.05, 0) is 45.4 Å². The van der Waals surface area contributed by atoms with Crippen LogP contribution in [0.15, 0.2) is 18.2 Å². The van der Waals surface area contributed by atoms with Gasteiger partial charge < -0.3 is 15.6 Å². The molecule has 0 bridgehead atoms. The molecule has 1 atom stereocenters. The second kappa shape index (κ2) is 3.99. The Bertz CT molecular complexity index is 570. The zero-order valence-electron chi connectivity index (χ0n) is 11.2. The minimum atomic E-state index is 0.242. The molecule has 96 valence electrons. The van der Waals surface area contributed by atoms with Gasteiger partial charge in [-0.1, -0.05) is 0 Å². The third-order valence-corrected chi connectivity index (χ3v) is 3.55. The van der Waals surface area contributed by atoms with Gasteiger partial charge in [-0.2, -0.15) is 0 Å². The molecule has 1 aliphatic rings. The summed E-state index contributed by atoms with van der Waals surface area (Å²) < 4.78 is 0. The first kappa shape index (κ1) is 11.5. The van der Waals surface area contributed by atoms with E-state index in [0.29, 0.717) is 6.04 Å². The molecule has 1 fully saturated rings. The fraction of sp³-hybridized carbons (Fsp3) is 0.500. The fourth-order valence-corrected chi connectivity index (χ4v) is 2.72. The van der Waals surface area contributed by atoms with E-state index in [9.17, 15) is 0 Å². The predicted octanol–water partition coefficient (Wildman–Crippen LogP) is 2.42. The lowest BCUT2D eigenvalue weighted by Gasteiger charge is -2.18. The maximum Gasteiger partial charge on any atom is 0.104 e. The first-order chi connectivity index (χ1) is 8.52. The smallest absolute Gasteiger partial charge is 0.104 e. The number of imidazole rings is 1. The minimum absolute atomic E-state index is 0.242. The molecule has 4 nitrogen and oxygen atoms in total. The molecule has 0 amide bonds. The van der Waals surface area contributed by atoms with Crippen molar-refractivity contribution in [2.45, 2.75) is 38.8 Å². The molecule has 0 radical (unpaired) electrons. The van der Waals surface area contributed by atoms with Crippen LogP contribution in [0.2, 0.25) is 0 Å². The lowest BCUT2D eigenvalue weighted by atomic mass is 10.0. The van der Waals surface area contributed by atoms with Crippen molar-refractivity contribution in [3.8, 4) is 0 Å². The number of H-pyrrole nitrogens is 1. The lowest BCUT2D eigenvalue weighted by Crippen LogP contribution is -2.31. The molecule has 0 spiro atoms. The summed E-state index contributed by atoms with van der Waals surface area (Å²) in [7, 11) is 0. The van der Waals surface area contributed by atoms with Crippen LogP contribution in [0.25, 0.3) is 11.0 Å². The molecule has 1 aliphatic heterocycles. The van der Waals surface area contributed by atoms with Gasteiger partial charge in [0.2, 0.25) is 0 Å². The van der Waals surface area contributed by atoms with Crippen LogP contribution in [0, 0.1) is 6.92 Å². The first-order valence-electron chi connectivity index (χ1n) is 6.50. The predicted molar refractivity (Wildman–Crippen MR) is 74.9 cm³/mol. The van der Waals surface area contributed by atoms with Crippen molar-refractivity contribution in [3.63, 3.8) is 0 Å². The highest BCUT2D eigenvalue weighted by Crippen LogP contribution is 2.23. The van der Waals surface area contributed by atoms with E-state index >= 15 is 0 Å². The normalized spacial score (nSPS) is 22.5. The van der Waals surface area contributed by atoms with Gasteiger partial charge in [0.25, 0.3) is 0 Å². The van der Waals surface area contributed by atoms with E-state index in [1.54, 1.807) is 0 Å². The molecule has 2 heterocycles. The van der Waals surface area contributed by atoms with Gasteiger partial charge in [-0.25, -0.2) is 4.98 Å². The monoisotopic (exact) mass is 244 g/mol. The molecule has 0 saturated carbocycles. The largest absolute Gasteiger partial charge is 0.381 e. The average Bonchev–Trinajstić information content (AvgIpc) is 2.80. The molecule has 1 unspecified atom stereocenters. The molecule has 3 rings (SSSR count). The van der Waals surface area contributed by atoms with Crippen LogP contribution in [0.4, 0.5) is 5.69 Å². The third-order valence-electron chi connectivity index (χ3n) is 3.55. The Morgan fingerprint density at radius 2 is 2.22 bits per heavy atom. The van der Waals surface area contributed by atoms with Crippen LogP contribution in [0.3, 0.4) is 0 Å². The number of aromatic nitrogens is 2. The second-order valence-corrected chi connectivity index (χ2v) is 5.86. The average molecular weight is 244 g/mol. The van der Waals surface area contributed by atoms with Crippen molar-refractivity contribution in [2.24, 2.45) is 0 Å². The molecule has 2 aromatic rings. The van der Waals surface area contributed by atoms with Gasteiger partial charge in [0.15, 0.2) is 0 Å². The number of nitrogens with one attached hydrogen (secondary N) is 3. The SMILES string of the molecule is Cc1nc2ccc(NC3CNC(C)(C)C3)cc2[nH]1. The summed E-state index contributed by atoms with van der Waals surface area (Å²) in [5.74, 6) is 0.964. The van der Waals surface area contributed by atoms with Crippen LogP contribution >= 0.6 is 0 Å². The number of hydrogen-bond donors (Lipinski definition) is 3. The van der Waals surface area contributed by atoms with Crippen LogP contribution in [-0.2, 0) is 0 Å². The Balaban J connectivity index is 1.78. The summed E-state index contributed by atoms with van der Waals surface area (Å²) in [6, 6.07) is 6.81. The summed E-state index contributed by atoms with van der Waals surface area (Å²) >= 11 is 0. The molecule has 18 heavy (non-hydrogen) atoms. The number of anilines is 1. The molecule has 4 heteroatoms. The quantitative estimate of drug-likeness (QED) is 0.760. The van der Waals surface area contributed by atoms with Gasteiger partial charge in [0.1, 0.15) is 5.82 Å². The lowest BCUT2D eigenvalue weighted by molar-refractivity contribution is 0.457. The van der Waals surface area contributed by atoms with Gasteiger partial charge in [0.05, 0.1) is 11.0 Å². The summed E-state index contributed by atoms with van der Waals surface area (Å²) in [6.45, 7) is 7.50. The van der Waals surface area contributed by atoms with E-state index in [4.69, 9.17) is 0 Å². The third kappa shape index (κ3) is 2.20. The summed E-state index contributed by atoms with van der Waals surface area (Å²) in [6.07, 6.45) is 1.15. The van der Waals surface area contributed by atoms with Crippen molar-refractivity contribution in [3.05, 3.63) is 24.0 Å². The van der Waals surface area contributed by atoms with Crippen molar-refractivity contribution in [1.29, 1.82) is 0 Å². The highest BCUT2D eigenvalue weighted by atomic mass is 15.1. The Kier molecular flexibility index (Phi) is 2.55. The zero-order valence-corrected chi connectivity index (χ0v) is 11.2. The van der Waals surface area contributed by atoms with E-state index in [2.05, 4.69) is 52.6 Å². The second-order valence-electron chi connectivity index (χ2n) is 5.86. The van der Waals surface area contributed by atoms with Gasteiger partial charge in [-0.3, -0.25) is 0 Å². The number of rotatable bonds is 2. The van der Waals surface area contributed by atoms with Gasteiger partial charge in [0, 0.05) is 23.8 Å². The molecule has 1 aromatic carbocycles. The van der Waals surface area contributed by atoms with E-state index in [0.717, 1.165) is 35.5 Å². The Morgan fingerprint density at radius 3 is 2.94 bits per heavy atom. The number of fused-ring (bicyclic) bond motifs is 1. The van der Waals surface area contributed by atoms with E-state index < -0.39 is 0 Å². The topological polar surface area (TPSA) is 52.7 Å². The molecule has 0 aliphatic carbocycles. The van der Waals surface area contributed by atoms with E-state index in [1.807, 2.05) is 6.92 Å². The maximum absolute atomic E-state index is 4.41.